The first-order chi connectivity index (χ1) is 17.0. The number of imidazole rings is 1. The largest absolute Gasteiger partial charge is 0.443 e. The smallest absolute Gasteiger partial charge is 0.268 e. The van der Waals surface area contributed by atoms with Crippen LogP contribution in [0.4, 0.5) is 10.3 Å². The van der Waals surface area contributed by atoms with E-state index in [9.17, 15) is 14.0 Å². The number of nitrogens with zero attached hydrogens (tertiary/aromatic N) is 4. The summed E-state index contributed by atoms with van der Waals surface area (Å²) in [5, 5.41) is 2.90. The van der Waals surface area contributed by atoms with E-state index >= 15 is 0 Å². The van der Waals surface area contributed by atoms with Crippen molar-refractivity contribution in [2.75, 3.05) is 18.4 Å². The lowest BCUT2D eigenvalue weighted by atomic mass is 9.65. The number of rotatable bonds is 5. The molecule has 2 amide bonds. The van der Waals surface area contributed by atoms with E-state index in [2.05, 4.69) is 21.9 Å². The van der Waals surface area contributed by atoms with Crippen LogP contribution in [0, 0.1) is 11.2 Å². The van der Waals surface area contributed by atoms with E-state index in [4.69, 9.17) is 4.42 Å². The number of hydrogen-bond donors (Lipinski definition) is 1. The van der Waals surface area contributed by atoms with Crippen molar-refractivity contribution in [3.63, 3.8) is 0 Å². The monoisotopic (exact) mass is 491 g/mol. The second-order valence-electron chi connectivity index (χ2n) is 9.17. The van der Waals surface area contributed by atoms with Gasteiger partial charge in [-0.15, -0.1) is 11.3 Å². The Morgan fingerprint density at radius 2 is 2.14 bits per heavy atom. The van der Waals surface area contributed by atoms with Gasteiger partial charge < -0.3 is 13.9 Å². The summed E-state index contributed by atoms with van der Waals surface area (Å²) < 4.78 is 21.8. The van der Waals surface area contributed by atoms with Crippen molar-refractivity contribution >= 4 is 40.1 Å². The lowest BCUT2D eigenvalue weighted by Gasteiger charge is -2.46. The molecule has 35 heavy (non-hydrogen) atoms. The van der Waals surface area contributed by atoms with E-state index in [0.29, 0.717) is 35.2 Å². The summed E-state index contributed by atoms with van der Waals surface area (Å²) in [6.45, 7) is 4.99. The summed E-state index contributed by atoms with van der Waals surface area (Å²) >= 11 is 1.28. The molecule has 1 aliphatic carbocycles. The second kappa shape index (κ2) is 8.16. The SMILES string of the molecule is C=CC(=O)N1CC[C@]2(C1)C[C@@H](n1c(NC(=O)c3ccc(-c4cnco4)s3)nc3c(F)cccc31)C2. The quantitative estimate of drug-likeness (QED) is 0.402. The third-order valence-electron chi connectivity index (χ3n) is 7.03. The van der Waals surface area contributed by atoms with Gasteiger partial charge in [0.2, 0.25) is 11.9 Å². The van der Waals surface area contributed by atoms with Gasteiger partial charge in [0.05, 0.1) is 21.5 Å². The number of halogens is 1. The lowest BCUT2D eigenvalue weighted by Crippen LogP contribution is -2.42. The van der Waals surface area contributed by atoms with E-state index in [-0.39, 0.29) is 28.8 Å². The Labute approximate surface area is 204 Å². The predicted molar refractivity (Wildman–Crippen MR) is 130 cm³/mol. The minimum atomic E-state index is -0.432. The molecule has 3 aromatic heterocycles. The summed E-state index contributed by atoms with van der Waals surface area (Å²) in [6, 6.07) is 8.40. The normalized spacial score (nSPS) is 21.4. The molecule has 8 nitrogen and oxygen atoms in total. The van der Waals surface area contributed by atoms with Crippen molar-refractivity contribution in [3.05, 3.63) is 66.3 Å². The Bertz CT molecular complexity index is 1450. The van der Waals surface area contributed by atoms with E-state index in [1.165, 1.54) is 29.9 Å². The molecular formula is C25H22FN5O3S. The van der Waals surface area contributed by atoms with Gasteiger partial charge in [0.25, 0.3) is 5.91 Å². The average Bonchev–Trinajstić information content (AvgIpc) is 3.62. The molecule has 1 aromatic carbocycles. The number of thiophene rings is 1. The Morgan fingerprint density at radius 1 is 1.29 bits per heavy atom. The van der Waals surface area contributed by atoms with Gasteiger partial charge in [0, 0.05) is 19.1 Å². The molecule has 1 saturated heterocycles. The highest BCUT2D eigenvalue weighted by molar-refractivity contribution is 7.17. The van der Waals surface area contributed by atoms with Crippen LogP contribution in [-0.2, 0) is 4.79 Å². The van der Waals surface area contributed by atoms with E-state index in [1.54, 1.807) is 24.4 Å². The summed E-state index contributed by atoms with van der Waals surface area (Å²) in [7, 11) is 0. The summed E-state index contributed by atoms with van der Waals surface area (Å²) in [6.07, 6.45) is 6.86. The van der Waals surface area contributed by atoms with Crippen molar-refractivity contribution < 1.29 is 18.4 Å². The Morgan fingerprint density at radius 3 is 2.91 bits per heavy atom. The molecule has 0 atom stereocenters. The van der Waals surface area contributed by atoms with Gasteiger partial charge >= 0.3 is 0 Å². The van der Waals surface area contributed by atoms with Gasteiger partial charge in [-0.2, -0.15) is 0 Å². The fraction of sp³-hybridized carbons (Fsp3) is 0.280. The third-order valence-corrected chi connectivity index (χ3v) is 8.13. The number of benzene rings is 1. The highest BCUT2D eigenvalue weighted by Gasteiger charge is 2.50. The number of aromatic nitrogens is 3. The van der Waals surface area contributed by atoms with Crippen molar-refractivity contribution in [3.8, 4) is 10.6 Å². The molecule has 2 fully saturated rings. The van der Waals surface area contributed by atoms with Crippen molar-refractivity contribution in [1.82, 2.24) is 19.4 Å². The highest BCUT2D eigenvalue weighted by atomic mass is 32.1. The number of fused-ring (bicyclic) bond motifs is 1. The van der Waals surface area contributed by atoms with Crippen LogP contribution in [0.2, 0.25) is 0 Å². The van der Waals surface area contributed by atoms with Crippen LogP contribution in [0.3, 0.4) is 0 Å². The lowest BCUT2D eigenvalue weighted by molar-refractivity contribution is -0.125. The molecule has 0 radical (unpaired) electrons. The maximum Gasteiger partial charge on any atom is 0.268 e. The van der Waals surface area contributed by atoms with Gasteiger partial charge in [-0.25, -0.2) is 14.4 Å². The Hall–Kier alpha value is -3.79. The number of amides is 2. The maximum atomic E-state index is 14.6. The molecule has 4 aromatic rings. The van der Waals surface area contributed by atoms with Crippen LogP contribution < -0.4 is 5.32 Å². The Kier molecular flexibility index (Phi) is 5.06. The molecular weight excluding hydrogens is 469 g/mol. The number of likely N-dealkylation sites (tertiary alicyclic amines) is 1. The van der Waals surface area contributed by atoms with Crippen molar-refractivity contribution in [2.24, 2.45) is 5.41 Å². The van der Waals surface area contributed by atoms with Crippen LogP contribution in [0.1, 0.15) is 35.0 Å². The van der Waals surface area contributed by atoms with Crippen molar-refractivity contribution in [1.29, 1.82) is 0 Å². The number of carbonyl (C=O) groups excluding carboxylic acids is 2. The second-order valence-corrected chi connectivity index (χ2v) is 10.3. The topological polar surface area (TPSA) is 93.3 Å². The maximum absolute atomic E-state index is 14.6. The molecule has 1 aliphatic heterocycles. The zero-order valence-corrected chi connectivity index (χ0v) is 19.6. The van der Waals surface area contributed by atoms with Crippen LogP contribution in [-0.4, -0.2) is 44.3 Å². The molecule has 0 bridgehead atoms. The summed E-state index contributed by atoms with van der Waals surface area (Å²) in [4.78, 5) is 36.6. The number of hydrogen-bond acceptors (Lipinski definition) is 6. The minimum Gasteiger partial charge on any atom is -0.443 e. The molecule has 4 heterocycles. The van der Waals surface area contributed by atoms with Crippen LogP contribution in [0.15, 0.2) is 60.0 Å². The van der Waals surface area contributed by atoms with Gasteiger partial charge in [0.15, 0.2) is 18.0 Å². The fourth-order valence-electron chi connectivity index (χ4n) is 5.34. The molecule has 1 spiro atoms. The van der Waals surface area contributed by atoms with Crippen molar-refractivity contribution in [2.45, 2.75) is 25.3 Å². The van der Waals surface area contributed by atoms with E-state index < -0.39 is 5.82 Å². The van der Waals surface area contributed by atoms with E-state index in [0.717, 1.165) is 24.1 Å². The number of oxazole rings is 1. The number of anilines is 1. The fourth-order valence-corrected chi connectivity index (χ4v) is 6.20. The standard InChI is InChI=1S/C25H22FN5O3S/c1-2-21(32)30-9-8-25(13-30)10-15(11-25)31-17-5-3-4-16(26)22(17)28-24(31)29-23(33)20-7-6-19(35-20)18-12-27-14-34-18/h2-7,12,14-15H,1,8-11,13H2,(H,28,29,33)/t15-,25+. The van der Waals surface area contributed by atoms with Crippen LogP contribution in [0.25, 0.3) is 21.7 Å². The summed E-state index contributed by atoms with van der Waals surface area (Å²) in [5.41, 5.74) is 0.909. The molecule has 1 saturated carbocycles. The number of para-hydroxylation sites is 1. The van der Waals surface area contributed by atoms with Gasteiger partial charge in [-0.1, -0.05) is 12.6 Å². The first-order valence-corrected chi connectivity index (χ1v) is 12.2. The first-order valence-electron chi connectivity index (χ1n) is 11.3. The average molecular weight is 492 g/mol. The first kappa shape index (κ1) is 21.7. The highest BCUT2D eigenvalue weighted by Crippen LogP contribution is 2.55. The third kappa shape index (κ3) is 3.65. The molecule has 0 unspecified atom stereocenters. The van der Waals surface area contributed by atoms with E-state index in [1.807, 2.05) is 15.5 Å². The van der Waals surface area contributed by atoms with Crippen LogP contribution >= 0.6 is 11.3 Å². The van der Waals surface area contributed by atoms with Crippen LogP contribution in [0.5, 0.6) is 0 Å². The Balaban J connectivity index is 1.27. The predicted octanol–water partition coefficient (Wildman–Crippen LogP) is 4.88. The van der Waals surface area contributed by atoms with Gasteiger partial charge in [-0.3, -0.25) is 14.9 Å². The van der Waals surface area contributed by atoms with Gasteiger partial charge in [-0.05, 0) is 55.0 Å². The molecule has 2 aliphatic rings. The molecule has 1 N–H and O–H groups in total. The molecule has 178 valence electrons. The summed E-state index contributed by atoms with van der Waals surface area (Å²) in [5.74, 6) is 0.104. The van der Waals surface area contributed by atoms with Gasteiger partial charge in [0.1, 0.15) is 5.52 Å². The minimum absolute atomic E-state index is 0.0360. The molecule has 10 heteroatoms. The number of carbonyl (C=O) groups is 2. The number of nitrogens with one attached hydrogen (secondary N) is 1. The molecule has 6 rings (SSSR count). The zero-order valence-electron chi connectivity index (χ0n) is 18.7. The zero-order chi connectivity index (χ0) is 24.2.